The van der Waals surface area contributed by atoms with Crippen LogP contribution in [0.5, 0.6) is 0 Å². The fourth-order valence-corrected chi connectivity index (χ4v) is 4.88. The summed E-state index contributed by atoms with van der Waals surface area (Å²) in [5, 5.41) is 16.3. The van der Waals surface area contributed by atoms with Crippen molar-refractivity contribution in [1.82, 2.24) is 0 Å². The van der Waals surface area contributed by atoms with E-state index in [0.29, 0.717) is 0 Å². The molecule has 0 heterocycles. The maximum atomic E-state index is 8.13. The molecular formula is C4H4N2SSe2. The molecule has 0 spiro atoms. The van der Waals surface area contributed by atoms with E-state index in [9.17, 15) is 0 Å². The Bertz CT molecular complexity index is 120. The first kappa shape index (κ1) is 9.37. The van der Waals surface area contributed by atoms with Gasteiger partial charge in [0.15, 0.2) is 0 Å². The van der Waals surface area contributed by atoms with E-state index in [2.05, 4.69) is 9.94 Å². The number of rotatable bonds is 4. The summed E-state index contributed by atoms with van der Waals surface area (Å²) in [7, 11) is 0. The van der Waals surface area contributed by atoms with Crippen LogP contribution < -0.4 is 0 Å². The van der Waals surface area contributed by atoms with Crippen LogP contribution in [-0.4, -0.2) is 39.2 Å². The van der Waals surface area contributed by atoms with Gasteiger partial charge in [0.25, 0.3) is 0 Å². The Morgan fingerprint density at radius 1 is 1.11 bits per heavy atom. The average molecular weight is 270 g/mol. The first-order valence-electron chi connectivity index (χ1n) is 2.01. The summed E-state index contributed by atoms with van der Waals surface area (Å²) in [5.74, 6) is 0. The molecule has 0 rings (SSSR count). The molecule has 0 aromatic heterocycles. The predicted molar refractivity (Wildman–Crippen MR) is 40.1 cm³/mol. The molecule has 0 aliphatic rings. The first-order chi connectivity index (χ1) is 4.41. The Morgan fingerprint density at radius 3 is 1.89 bits per heavy atom. The molecule has 0 atom stereocenters. The zero-order valence-electron chi connectivity index (χ0n) is 4.53. The fourth-order valence-electron chi connectivity index (χ4n) is 0.170. The second kappa shape index (κ2) is 8.37. The Hall–Kier alpha value is 0.369. The predicted octanol–water partition coefficient (Wildman–Crippen LogP) is 0.00516. The third-order valence-electron chi connectivity index (χ3n) is 0.414. The van der Waals surface area contributed by atoms with Crippen molar-refractivity contribution in [2.45, 2.75) is 0 Å². The van der Waals surface area contributed by atoms with Crippen LogP contribution in [0.2, 0.25) is 0 Å². The van der Waals surface area contributed by atoms with Gasteiger partial charge in [-0.2, -0.15) is 0 Å². The second-order valence-corrected chi connectivity index (χ2v) is 6.74. The van der Waals surface area contributed by atoms with E-state index in [1.807, 2.05) is 0 Å². The molecule has 0 saturated carbocycles. The van der Waals surface area contributed by atoms with Crippen molar-refractivity contribution < 1.29 is 0 Å². The van der Waals surface area contributed by atoms with Crippen LogP contribution in [0.15, 0.2) is 0 Å². The van der Waals surface area contributed by atoms with E-state index in [1.165, 1.54) is 0 Å². The van der Waals surface area contributed by atoms with E-state index >= 15 is 0 Å². The molecule has 0 aliphatic carbocycles. The Kier molecular flexibility index (Phi) is 8.71. The standard InChI is InChI=1S/C4H4N2SSe2/c5-1-8-3-7-4-9-2-6/h3-4H2. The summed E-state index contributed by atoms with van der Waals surface area (Å²) >= 11 is 1.98. The summed E-state index contributed by atoms with van der Waals surface area (Å²) in [5.41, 5.74) is 0. The quantitative estimate of drug-likeness (QED) is 0.534. The zero-order chi connectivity index (χ0) is 6.95. The summed E-state index contributed by atoms with van der Waals surface area (Å²) < 4.78 is 1.87. The number of hydrogen-bond donors (Lipinski definition) is 0. The zero-order valence-corrected chi connectivity index (χ0v) is 8.78. The minimum absolute atomic E-state index is 0.135. The summed E-state index contributed by atoms with van der Waals surface area (Å²) in [6.07, 6.45) is 0. The van der Waals surface area contributed by atoms with E-state index in [0.717, 1.165) is 9.30 Å². The van der Waals surface area contributed by atoms with Gasteiger partial charge in [-0.05, 0) is 0 Å². The molecule has 0 N–H and O–H groups in total. The molecular weight excluding hydrogens is 266 g/mol. The molecule has 48 valence electrons. The molecule has 0 bridgehead atoms. The molecule has 0 aromatic carbocycles. The van der Waals surface area contributed by atoms with E-state index < -0.39 is 0 Å². The summed E-state index contributed by atoms with van der Waals surface area (Å²) in [4.78, 5) is 4.22. The van der Waals surface area contributed by atoms with E-state index in [-0.39, 0.29) is 29.9 Å². The second-order valence-electron chi connectivity index (χ2n) is 0.911. The Balaban J connectivity index is 2.79. The molecule has 2 nitrogen and oxygen atoms in total. The summed E-state index contributed by atoms with van der Waals surface area (Å²) in [6, 6.07) is 0. The molecule has 0 fully saturated rings. The van der Waals surface area contributed by atoms with Crippen molar-refractivity contribution in [1.29, 1.82) is 10.5 Å². The van der Waals surface area contributed by atoms with Crippen LogP contribution in [0.25, 0.3) is 0 Å². The molecule has 0 aromatic rings. The van der Waals surface area contributed by atoms with Gasteiger partial charge in [0, 0.05) is 0 Å². The van der Waals surface area contributed by atoms with Gasteiger partial charge in [0.1, 0.15) is 0 Å². The summed E-state index contributed by atoms with van der Waals surface area (Å²) in [6.45, 7) is 0. The van der Waals surface area contributed by atoms with Crippen LogP contribution in [0.4, 0.5) is 0 Å². The fraction of sp³-hybridized carbons (Fsp3) is 0.500. The Morgan fingerprint density at radius 2 is 1.56 bits per heavy atom. The number of thioether (sulfide) groups is 1. The van der Waals surface area contributed by atoms with E-state index in [1.54, 1.807) is 11.8 Å². The third kappa shape index (κ3) is 8.37. The normalized spacial score (nSPS) is 7.78. The van der Waals surface area contributed by atoms with Crippen LogP contribution in [-0.2, 0) is 0 Å². The minimum atomic E-state index is 0.135. The first-order valence-corrected chi connectivity index (χ1v) is 7.30. The monoisotopic (exact) mass is 272 g/mol. The van der Waals surface area contributed by atoms with Crippen LogP contribution in [0, 0.1) is 20.5 Å². The van der Waals surface area contributed by atoms with Crippen molar-refractivity contribution in [3.8, 4) is 9.94 Å². The van der Waals surface area contributed by atoms with Gasteiger partial charge in [0.2, 0.25) is 0 Å². The van der Waals surface area contributed by atoms with Gasteiger partial charge in [-0.15, -0.1) is 0 Å². The van der Waals surface area contributed by atoms with Gasteiger partial charge < -0.3 is 0 Å². The van der Waals surface area contributed by atoms with Gasteiger partial charge in [-0.3, -0.25) is 0 Å². The maximum absolute atomic E-state index is 8.13. The van der Waals surface area contributed by atoms with Crippen molar-refractivity contribution in [2.24, 2.45) is 0 Å². The van der Waals surface area contributed by atoms with Crippen LogP contribution in [0.1, 0.15) is 0 Å². The molecule has 0 aliphatic heterocycles. The van der Waals surface area contributed by atoms with Crippen LogP contribution in [0.3, 0.4) is 0 Å². The molecule has 0 saturated heterocycles. The van der Waals surface area contributed by atoms with Crippen LogP contribution >= 0.6 is 11.8 Å². The van der Waals surface area contributed by atoms with Crippen molar-refractivity contribution in [3.05, 3.63) is 0 Å². The number of hydrogen-bond acceptors (Lipinski definition) is 3. The van der Waals surface area contributed by atoms with Crippen molar-refractivity contribution in [2.75, 3.05) is 9.30 Å². The number of nitriles is 2. The Labute approximate surface area is 71.3 Å². The molecule has 0 unspecified atom stereocenters. The van der Waals surface area contributed by atoms with E-state index in [4.69, 9.17) is 10.5 Å². The van der Waals surface area contributed by atoms with Crippen molar-refractivity contribution >= 4 is 41.7 Å². The topological polar surface area (TPSA) is 47.6 Å². The SMILES string of the molecule is N#C[Se]CSC[Se]C#N. The molecule has 5 heteroatoms. The number of nitrogens with zero attached hydrogens (tertiary/aromatic N) is 2. The van der Waals surface area contributed by atoms with Gasteiger partial charge in [0.05, 0.1) is 0 Å². The van der Waals surface area contributed by atoms with Crippen molar-refractivity contribution in [3.63, 3.8) is 0 Å². The third-order valence-corrected chi connectivity index (χ3v) is 5.11. The van der Waals surface area contributed by atoms with Gasteiger partial charge in [-0.1, -0.05) is 0 Å². The average Bonchev–Trinajstić information content (AvgIpc) is 1.89. The van der Waals surface area contributed by atoms with Gasteiger partial charge >= 0.3 is 71.4 Å². The molecule has 0 radical (unpaired) electrons. The van der Waals surface area contributed by atoms with Gasteiger partial charge in [-0.25, -0.2) is 0 Å². The molecule has 0 amide bonds. The molecule has 9 heavy (non-hydrogen) atoms.